The fourth-order valence-corrected chi connectivity index (χ4v) is 2.20. The average molecular weight is 195 g/mol. The predicted octanol–water partition coefficient (Wildman–Crippen LogP) is 0.888. The first-order valence-electron chi connectivity index (χ1n) is 3.30. The SMILES string of the molecule is CCSSC[C@H](N)C(=O)OC. The van der Waals surface area contributed by atoms with E-state index in [2.05, 4.69) is 11.7 Å². The Labute approximate surface area is 74.8 Å². The Balaban J connectivity index is 3.36. The maximum Gasteiger partial charge on any atom is 0.323 e. The average Bonchev–Trinajstić information content (AvgIpc) is 2.03. The van der Waals surface area contributed by atoms with Crippen molar-refractivity contribution in [1.82, 2.24) is 0 Å². The minimum Gasteiger partial charge on any atom is -0.468 e. The maximum atomic E-state index is 10.7. The molecule has 0 heterocycles. The molecule has 0 bridgehead atoms. The molecule has 0 rings (SSSR count). The van der Waals surface area contributed by atoms with Gasteiger partial charge >= 0.3 is 5.97 Å². The van der Waals surface area contributed by atoms with Crippen LogP contribution in [0, 0.1) is 0 Å². The van der Waals surface area contributed by atoms with Gasteiger partial charge in [-0.15, -0.1) is 0 Å². The molecular formula is C6H13NO2S2. The van der Waals surface area contributed by atoms with Crippen LogP contribution >= 0.6 is 21.6 Å². The van der Waals surface area contributed by atoms with Crippen LogP contribution < -0.4 is 5.73 Å². The molecule has 0 aromatic rings. The molecule has 0 spiro atoms. The monoisotopic (exact) mass is 195 g/mol. The van der Waals surface area contributed by atoms with Crippen LogP contribution in [0.1, 0.15) is 6.92 Å². The fraction of sp³-hybridized carbons (Fsp3) is 0.833. The number of methoxy groups -OCH3 is 1. The predicted molar refractivity (Wildman–Crippen MR) is 50.6 cm³/mol. The molecule has 2 N–H and O–H groups in total. The van der Waals surface area contributed by atoms with Gasteiger partial charge < -0.3 is 10.5 Å². The molecule has 0 saturated heterocycles. The van der Waals surface area contributed by atoms with Crippen LogP contribution in [0.25, 0.3) is 0 Å². The van der Waals surface area contributed by atoms with Crippen LogP contribution in [-0.2, 0) is 9.53 Å². The summed E-state index contributed by atoms with van der Waals surface area (Å²) in [6.07, 6.45) is 0. The van der Waals surface area contributed by atoms with Gasteiger partial charge in [-0.3, -0.25) is 4.79 Å². The number of carbonyl (C=O) groups excluding carboxylic acids is 1. The lowest BCUT2D eigenvalue weighted by Gasteiger charge is -2.06. The molecule has 11 heavy (non-hydrogen) atoms. The van der Waals surface area contributed by atoms with E-state index in [9.17, 15) is 4.79 Å². The van der Waals surface area contributed by atoms with Gasteiger partial charge in [-0.2, -0.15) is 0 Å². The molecule has 0 saturated carbocycles. The van der Waals surface area contributed by atoms with Crippen molar-refractivity contribution in [3.8, 4) is 0 Å². The van der Waals surface area contributed by atoms with Gasteiger partial charge in [0.15, 0.2) is 0 Å². The smallest absolute Gasteiger partial charge is 0.323 e. The third-order valence-electron chi connectivity index (χ3n) is 0.953. The zero-order valence-electron chi connectivity index (χ0n) is 6.70. The van der Waals surface area contributed by atoms with Crippen LogP contribution in [0.3, 0.4) is 0 Å². The first-order chi connectivity index (χ1) is 5.22. The Morgan fingerprint density at radius 1 is 1.64 bits per heavy atom. The van der Waals surface area contributed by atoms with Gasteiger partial charge in [0.25, 0.3) is 0 Å². The molecule has 0 aliphatic heterocycles. The van der Waals surface area contributed by atoms with E-state index in [4.69, 9.17) is 5.73 Å². The highest BCUT2D eigenvalue weighted by atomic mass is 33.1. The van der Waals surface area contributed by atoms with E-state index in [0.29, 0.717) is 5.75 Å². The number of esters is 1. The van der Waals surface area contributed by atoms with Gasteiger partial charge in [0, 0.05) is 11.5 Å². The third kappa shape index (κ3) is 5.41. The number of hydrogen-bond acceptors (Lipinski definition) is 5. The highest BCUT2D eigenvalue weighted by molar-refractivity contribution is 8.76. The molecule has 66 valence electrons. The van der Waals surface area contributed by atoms with Crippen LogP contribution in [0.15, 0.2) is 0 Å². The van der Waals surface area contributed by atoms with Crippen molar-refractivity contribution in [2.45, 2.75) is 13.0 Å². The number of nitrogens with two attached hydrogens (primary N) is 1. The first-order valence-corrected chi connectivity index (χ1v) is 5.79. The van der Waals surface area contributed by atoms with Crippen LogP contribution in [-0.4, -0.2) is 30.6 Å². The van der Waals surface area contributed by atoms with E-state index >= 15 is 0 Å². The lowest BCUT2D eigenvalue weighted by Crippen LogP contribution is -2.33. The van der Waals surface area contributed by atoms with Crippen molar-refractivity contribution in [1.29, 1.82) is 0 Å². The first kappa shape index (κ1) is 11.1. The summed E-state index contributed by atoms with van der Waals surface area (Å²) in [6.45, 7) is 2.06. The van der Waals surface area contributed by atoms with E-state index in [1.807, 2.05) is 0 Å². The van der Waals surface area contributed by atoms with Crippen molar-refractivity contribution in [3.63, 3.8) is 0 Å². The number of rotatable bonds is 5. The fourth-order valence-electron chi connectivity index (χ4n) is 0.424. The summed E-state index contributed by atoms with van der Waals surface area (Å²) in [5.41, 5.74) is 5.46. The minimum atomic E-state index is -0.482. The van der Waals surface area contributed by atoms with Crippen LogP contribution in [0.2, 0.25) is 0 Å². The van der Waals surface area contributed by atoms with E-state index in [1.165, 1.54) is 7.11 Å². The van der Waals surface area contributed by atoms with Gasteiger partial charge in [-0.25, -0.2) is 0 Å². The second-order valence-corrected chi connectivity index (χ2v) is 4.62. The number of carbonyl (C=O) groups is 1. The molecule has 0 unspecified atom stereocenters. The molecule has 0 radical (unpaired) electrons. The van der Waals surface area contributed by atoms with E-state index < -0.39 is 6.04 Å². The third-order valence-corrected chi connectivity index (χ3v) is 3.47. The molecule has 1 atom stereocenters. The van der Waals surface area contributed by atoms with E-state index in [-0.39, 0.29) is 5.97 Å². The lowest BCUT2D eigenvalue weighted by atomic mass is 10.4. The molecule has 0 aromatic carbocycles. The van der Waals surface area contributed by atoms with Crippen molar-refractivity contribution in [2.75, 3.05) is 18.6 Å². The Bertz CT molecular complexity index is 121. The lowest BCUT2D eigenvalue weighted by molar-refractivity contribution is -0.141. The summed E-state index contributed by atoms with van der Waals surface area (Å²) in [5, 5.41) is 0. The van der Waals surface area contributed by atoms with E-state index in [0.717, 1.165) is 5.75 Å². The van der Waals surface area contributed by atoms with Crippen LogP contribution in [0.5, 0.6) is 0 Å². The van der Waals surface area contributed by atoms with Gasteiger partial charge in [-0.05, 0) is 0 Å². The normalized spacial score (nSPS) is 12.6. The molecule has 0 aromatic heterocycles. The summed E-state index contributed by atoms with van der Waals surface area (Å²) in [7, 11) is 4.64. The summed E-state index contributed by atoms with van der Waals surface area (Å²) < 4.78 is 4.46. The molecule has 0 aliphatic carbocycles. The summed E-state index contributed by atoms with van der Waals surface area (Å²) in [5.74, 6) is 1.30. The highest BCUT2D eigenvalue weighted by Gasteiger charge is 2.12. The number of hydrogen-bond donors (Lipinski definition) is 1. The Kier molecular flexibility index (Phi) is 6.90. The van der Waals surface area contributed by atoms with Gasteiger partial charge in [0.2, 0.25) is 0 Å². The van der Waals surface area contributed by atoms with Crippen molar-refractivity contribution < 1.29 is 9.53 Å². The Morgan fingerprint density at radius 2 is 2.27 bits per heavy atom. The maximum absolute atomic E-state index is 10.7. The zero-order valence-corrected chi connectivity index (χ0v) is 8.33. The minimum absolute atomic E-state index is 0.339. The standard InChI is InChI=1S/C6H13NO2S2/c1-3-10-11-4-5(7)6(8)9-2/h5H,3-4,7H2,1-2H3/t5-/m0/s1. The topological polar surface area (TPSA) is 52.3 Å². The molecule has 5 heteroatoms. The molecule has 0 fully saturated rings. The second-order valence-electron chi connectivity index (χ2n) is 1.82. The van der Waals surface area contributed by atoms with E-state index in [1.54, 1.807) is 21.6 Å². The molecule has 3 nitrogen and oxygen atoms in total. The van der Waals surface area contributed by atoms with Crippen molar-refractivity contribution in [2.24, 2.45) is 5.73 Å². The Morgan fingerprint density at radius 3 is 2.73 bits per heavy atom. The second kappa shape index (κ2) is 6.82. The molecule has 0 aliphatic rings. The van der Waals surface area contributed by atoms with Gasteiger partial charge in [-0.1, -0.05) is 28.5 Å². The van der Waals surface area contributed by atoms with Gasteiger partial charge in [0.1, 0.15) is 6.04 Å². The largest absolute Gasteiger partial charge is 0.468 e. The summed E-state index contributed by atoms with van der Waals surface area (Å²) >= 11 is 0. The quantitative estimate of drug-likeness (QED) is 0.401. The summed E-state index contributed by atoms with van der Waals surface area (Å²) in [6, 6.07) is -0.482. The molecular weight excluding hydrogens is 182 g/mol. The molecule has 0 amide bonds. The summed E-state index contributed by atoms with van der Waals surface area (Å²) in [4.78, 5) is 10.7. The zero-order chi connectivity index (χ0) is 8.69. The van der Waals surface area contributed by atoms with Crippen LogP contribution in [0.4, 0.5) is 0 Å². The number of ether oxygens (including phenoxy) is 1. The van der Waals surface area contributed by atoms with Crippen molar-refractivity contribution >= 4 is 27.6 Å². The van der Waals surface area contributed by atoms with Gasteiger partial charge in [0.05, 0.1) is 7.11 Å². The van der Waals surface area contributed by atoms with Crippen molar-refractivity contribution in [3.05, 3.63) is 0 Å². The highest BCUT2D eigenvalue weighted by Crippen LogP contribution is 2.20. The Hall–Kier alpha value is 0.130.